The Balaban J connectivity index is 2.22. The van der Waals surface area contributed by atoms with Crippen LogP contribution in [0.25, 0.3) is 0 Å². The minimum atomic E-state index is -0.633. The lowest BCUT2D eigenvalue weighted by molar-refractivity contribution is -0.124. The SMILES string of the molecule is COc1ccc(NC2(C(N)=O)CC(C)CC(C)C2)cc1. The van der Waals surface area contributed by atoms with Crippen LogP contribution in [0.15, 0.2) is 24.3 Å². The number of hydrogen-bond donors (Lipinski definition) is 2. The Morgan fingerprint density at radius 2 is 1.80 bits per heavy atom. The fraction of sp³-hybridized carbons (Fsp3) is 0.562. The van der Waals surface area contributed by atoms with Gasteiger partial charge in [0.25, 0.3) is 0 Å². The van der Waals surface area contributed by atoms with E-state index in [0.29, 0.717) is 11.8 Å². The maximum Gasteiger partial charge on any atom is 0.243 e. The van der Waals surface area contributed by atoms with E-state index in [1.165, 1.54) is 0 Å². The Bertz CT molecular complexity index is 460. The summed E-state index contributed by atoms with van der Waals surface area (Å²) in [6.45, 7) is 4.37. The molecule has 1 aliphatic carbocycles. The van der Waals surface area contributed by atoms with Gasteiger partial charge in [-0.15, -0.1) is 0 Å². The molecule has 0 radical (unpaired) electrons. The minimum Gasteiger partial charge on any atom is -0.497 e. The summed E-state index contributed by atoms with van der Waals surface area (Å²) < 4.78 is 5.15. The molecule has 0 heterocycles. The van der Waals surface area contributed by atoms with E-state index in [1.807, 2.05) is 24.3 Å². The Morgan fingerprint density at radius 3 is 2.25 bits per heavy atom. The maximum absolute atomic E-state index is 12.0. The summed E-state index contributed by atoms with van der Waals surface area (Å²) >= 11 is 0. The molecule has 1 aromatic carbocycles. The van der Waals surface area contributed by atoms with Gasteiger partial charge in [-0.05, 0) is 55.4 Å². The summed E-state index contributed by atoms with van der Waals surface area (Å²) in [6, 6.07) is 7.61. The van der Waals surface area contributed by atoms with Crippen molar-refractivity contribution in [2.75, 3.05) is 12.4 Å². The Kier molecular flexibility index (Phi) is 4.21. The van der Waals surface area contributed by atoms with E-state index in [1.54, 1.807) is 7.11 Å². The number of benzene rings is 1. The topological polar surface area (TPSA) is 64.3 Å². The highest BCUT2D eigenvalue weighted by atomic mass is 16.5. The molecule has 2 unspecified atom stereocenters. The number of primary amides is 1. The van der Waals surface area contributed by atoms with Crippen molar-refractivity contribution < 1.29 is 9.53 Å². The van der Waals surface area contributed by atoms with E-state index < -0.39 is 5.54 Å². The van der Waals surface area contributed by atoms with E-state index >= 15 is 0 Å². The monoisotopic (exact) mass is 276 g/mol. The van der Waals surface area contributed by atoms with Crippen molar-refractivity contribution in [3.8, 4) is 5.75 Å². The van der Waals surface area contributed by atoms with E-state index in [9.17, 15) is 4.79 Å². The average Bonchev–Trinajstić information content (AvgIpc) is 2.38. The molecule has 1 aromatic rings. The largest absolute Gasteiger partial charge is 0.497 e. The zero-order valence-electron chi connectivity index (χ0n) is 12.5. The van der Waals surface area contributed by atoms with Gasteiger partial charge in [0.2, 0.25) is 5.91 Å². The number of nitrogens with two attached hydrogens (primary N) is 1. The fourth-order valence-corrected chi connectivity index (χ4v) is 3.44. The molecule has 4 heteroatoms. The van der Waals surface area contributed by atoms with Crippen molar-refractivity contribution in [2.24, 2.45) is 17.6 Å². The van der Waals surface area contributed by atoms with Crippen LogP contribution in [0.1, 0.15) is 33.1 Å². The smallest absolute Gasteiger partial charge is 0.243 e. The van der Waals surface area contributed by atoms with Gasteiger partial charge in [-0.3, -0.25) is 4.79 Å². The van der Waals surface area contributed by atoms with Crippen LogP contribution in [0.3, 0.4) is 0 Å². The predicted octanol–water partition coefficient (Wildman–Crippen LogP) is 2.79. The van der Waals surface area contributed by atoms with Crippen LogP contribution in [-0.2, 0) is 4.79 Å². The van der Waals surface area contributed by atoms with Crippen LogP contribution in [0.5, 0.6) is 5.75 Å². The fourth-order valence-electron chi connectivity index (χ4n) is 3.44. The predicted molar refractivity (Wildman–Crippen MR) is 80.7 cm³/mol. The second kappa shape index (κ2) is 5.73. The van der Waals surface area contributed by atoms with Crippen molar-refractivity contribution in [2.45, 2.75) is 38.6 Å². The lowest BCUT2D eigenvalue weighted by Crippen LogP contribution is -2.54. The first kappa shape index (κ1) is 14.7. The van der Waals surface area contributed by atoms with E-state index in [-0.39, 0.29) is 5.91 Å². The summed E-state index contributed by atoms with van der Waals surface area (Å²) in [4.78, 5) is 12.0. The molecule has 0 bridgehead atoms. The number of carbonyl (C=O) groups excluding carboxylic acids is 1. The first-order chi connectivity index (χ1) is 9.45. The summed E-state index contributed by atoms with van der Waals surface area (Å²) in [5.41, 5.74) is 5.98. The first-order valence-electron chi connectivity index (χ1n) is 7.17. The van der Waals surface area contributed by atoms with Gasteiger partial charge in [0.15, 0.2) is 0 Å². The lowest BCUT2D eigenvalue weighted by atomic mass is 9.71. The highest BCUT2D eigenvalue weighted by molar-refractivity contribution is 5.88. The number of methoxy groups -OCH3 is 1. The molecule has 3 N–H and O–H groups in total. The van der Waals surface area contributed by atoms with E-state index in [0.717, 1.165) is 30.7 Å². The summed E-state index contributed by atoms with van der Waals surface area (Å²) in [6.07, 6.45) is 2.73. The Morgan fingerprint density at radius 1 is 1.25 bits per heavy atom. The van der Waals surface area contributed by atoms with Gasteiger partial charge < -0.3 is 15.8 Å². The number of carbonyl (C=O) groups is 1. The van der Waals surface area contributed by atoms with E-state index in [2.05, 4.69) is 19.2 Å². The standard InChI is InChI=1S/C16H24N2O2/c1-11-8-12(2)10-16(9-11,15(17)19)18-13-4-6-14(20-3)7-5-13/h4-7,11-12,18H,8-10H2,1-3H3,(H2,17,19). The zero-order valence-corrected chi connectivity index (χ0v) is 12.5. The van der Waals surface area contributed by atoms with Crippen molar-refractivity contribution in [3.63, 3.8) is 0 Å². The van der Waals surface area contributed by atoms with Crippen LogP contribution in [0, 0.1) is 11.8 Å². The Labute approximate surface area is 120 Å². The molecule has 2 rings (SSSR count). The summed E-state index contributed by atoms with van der Waals surface area (Å²) in [7, 11) is 1.64. The molecule has 0 saturated heterocycles. The van der Waals surface area contributed by atoms with Crippen LogP contribution in [-0.4, -0.2) is 18.6 Å². The second-order valence-electron chi connectivity index (χ2n) is 6.15. The van der Waals surface area contributed by atoms with Gasteiger partial charge >= 0.3 is 0 Å². The van der Waals surface area contributed by atoms with E-state index in [4.69, 9.17) is 10.5 Å². The Hall–Kier alpha value is -1.71. The zero-order chi connectivity index (χ0) is 14.8. The average molecular weight is 276 g/mol. The van der Waals surface area contributed by atoms with Crippen molar-refractivity contribution in [1.29, 1.82) is 0 Å². The number of anilines is 1. The molecule has 4 nitrogen and oxygen atoms in total. The molecule has 110 valence electrons. The number of nitrogens with one attached hydrogen (secondary N) is 1. The molecule has 1 saturated carbocycles. The number of ether oxygens (including phenoxy) is 1. The number of hydrogen-bond acceptors (Lipinski definition) is 3. The molecule has 0 spiro atoms. The van der Waals surface area contributed by atoms with Gasteiger partial charge in [-0.2, -0.15) is 0 Å². The normalized spacial score (nSPS) is 29.8. The molecule has 20 heavy (non-hydrogen) atoms. The maximum atomic E-state index is 12.0. The van der Waals surface area contributed by atoms with Gasteiger partial charge in [0.1, 0.15) is 11.3 Å². The molecule has 1 amide bonds. The number of rotatable bonds is 4. The molecule has 1 fully saturated rings. The molecule has 2 atom stereocenters. The highest BCUT2D eigenvalue weighted by Crippen LogP contribution is 2.38. The molecule has 0 aliphatic heterocycles. The van der Waals surface area contributed by atoms with Gasteiger partial charge in [0, 0.05) is 5.69 Å². The van der Waals surface area contributed by atoms with Crippen LogP contribution < -0.4 is 15.8 Å². The molecular formula is C16H24N2O2. The van der Waals surface area contributed by atoms with Crippen LogP contribution >= 0.6 is 0 Å². The quantitative estimate of drug-likeness (QED) is 0.888. The third-order valence-electron chi connectivity index (χ3n) is 4.14. The van der Waals surface area contributed by atoms with Crippen molar-refractivity contribution in [1.82, 2.24) is 0 Å². The third-order valence-corrected chi connectivity index (χ3v) is 4.14. The van der Waals surface area contributed by atoms with Gasteiger partial charge in [-0.1, -0.05) is 13.8 Å². The third kappa shape index (κ3) is 3.06. The first-order valence-corrected chi connectivity index (χ1v) is 7.17. The molecule has 1 aliphatic rings. The minimum absolute atomic E-state index is 0.258. The summed E-state index contributed by atoms with van der Waals surface area (Å²) in [5.74, 6) is 1.54. The second-order valence-corrected chi connectivity index (χ2v) is 6.15. The van der Waals surface area contributed by atoms with Gasteiger partial charge in [-0.25, -0.2) is 0 Å². The molecular weight excluding hydrogens is 252 g/mol. The van der Waals surface area contributed by atoms with Crippen molar-refractivity contribution in [3.05, 3.63) is 24.3 Å². The number of amides is 1. The summed E-state index contributed by atoms with van der Waals surface area (Å²) in [5, 5.41) is 3.38. The van der Waals surface area contributed by atoms with Gasteiger partial charge in [0.05, 0.1) is 7.11 Å². The van der Waals surface area contributed by atoms with Crippen LogP contribution in [0.2, 0.25) is 0 Å². The van der Waals surface area contributed by atoms with Crippen molar-refractivity contribution >= 4 is 11.6 Å². The van der Waals surface area contributed by atoms with Crippen LogP contribution in [0.4, 0.5) is 5.69 Å². The lowest BCUT2D eigenvalue weighted by Gasteiger charge is -2.41. The molecule has 0 aromatic heterocycles. The highest BCUT2D eigenvalue weighted by Gasteiger charge is 2.42.